The molecule has 0 amide bonds. The fraction of sp³-hybridized carbons (Fsp3) is 0.312. The molecule has 0 spiro atoms. The highest BCUT2D eigenvalue weighted by molar-refractivity contribution is 5.87. The Morgan fingerprint density at radius 3 is 2.50 bits per heavy atom. The summed E-state index contributed by atoms with van der Waals surface area (Å²) in [7, 11) is 0. The van der Waals surface area contributed by atoms with Crippen molar-refractivity contribution >= 4 is 10.8 Å². The van der Waals surface area contributed by atoms with Gasteiger partial charge >= 0.3 is 0 Å². The maximum Gasteiger partial charge on any atom is 0.0872 e. The molecule has 0 atom stereocenters. The SMILES string of the molecule is N#CC1(c2cccc3ccccc23)CCOCC1. The van der Waals surface area contributed by atoms with Crippen LogP contribution in [0.3, 0.4) is 0 Å². The minimum atomic E-state index is -0.376. The minimum Gasteiger partial charge on any atom is -0.381 e. The van der Waals surface area contributed by atoms with Crippen molar-refractivity contribution < 1.29 is 4.74 Å². The number of nitrogens with zero attached hydrogens (tertiary/aromatic N) is 1. The zero-order valence-electron chi connectivity index (χ0n) is 10.2. The van der Waals surface area contributed by atoms with Gasteiger partial charge in [0.05, 0.1) is 11.5 Å². The highest BCUT2D eigenvalue weighted by Gasteiger charge is 2.35. The summed E-state index contributed by atoms with van der Waals surface area (Å²) in [4.78, 5) is 0. The van der Waals surface area contributed by atoms with Gasteiger partial charge in [0.2, 0.25) is 0 Å². The van der Waals surface area contributed by atoms with Crippen molar-refractivity contribution in [1.29, 1.82) is 5.26 Å². The summed E-state index contributed by atoms with van der Waals surface area (Å²) in [5, 5.41) is 12.1. The van der Waals surface area contributed by atoms with E-state index in [9.17, 15) is 5.26 Å². The standard InChI is InChI=1S/C16H15NO/c17-12-16(8-10-18-11-9-16)15-7-3-5-13-4-1-2-6-14(13)15/h1-7H,8-11H2. The first kappa shape index (κ1) is 11.3. The first-order valence-corrected chi connectivity index (χ1v) is 6.33. The van der Waals surface area contributed by atoms with Crippen molar-refractivity contribution in [2.24, 2.45) is 0 Å². The smallest absolute Gasteiger partial charge is 0.0872 e. The molecule has 18 heavy (non-hydrogen) atoms. The Labute approximate surface area is 107 Å². The molecule has 0 aromatic heterocycles. The number of hydrogen-bond donors (Lipinski definition) is 0. The van der Waals surface area contributed by atoms with Crippen molar-refractivity contribution in [3.05, 3.63) is 48.0 Å². The molecule has 0 bridgehead atoms. The lowest BCUT2D eigenvalue weighted by Gasteiger charge is -2.32. The fourth-order valence-corrected chi connectivity index (χ4v) is 2.80. The van der Waals surface area contributed by atoms with Crippen LogP contribution in [0.4, 0.5) is 0 Å². The van der Waals surface area contributed by atoms with Gasteiger partial charge in [-0.3, -0.25) is 0 Å². The molecule has 2 heteroatoms. The van der Waals surface area contributed by atoms with Gasteiger partial charge < -0.3 is 4.74 Å². The van der Waals surface area contributed by atoms with Gasteiger partial charge in [0.15, 0.2) is 0 Å². The molecule has 0 unspecified atom stereocenters. The Balaban J connectivity index is 2.21. The molecular weight excluding hydrogens is 222 g/mol. The predicted octanol–water partition coefficient (Wildman–Crippen LogP) is 3.41. The third-order valence-corrected chi connectivity index (χ3v) is 3.87. The quantitative estimate of drug-likeness (QED) is 0.761. The molecule has 0 saturated carbocycles. The molecule has 0 radical (unpaired) electrons. The van der Waals surface area contributed by atoms with E-state index in [-0.39, 0.29) is 5.41 Å². The molecule has 1 aliphatic rings. The van der Waals surface area contributed by atoms with Gasteiger partial charge in [0, 0.05) is 13.2 Å². The van der Waals surface area contributed by atoms with Gasteiger partial charge in [0.25, 0.3) is 0 Å². The zero-order valence-corrected chi connectivity index (χ0v) is 10.2. The molecule has 1 saturated heterocycles. The van der Waals surface area contributed by atoms with E-state index in [0.29, 0.717) is 13.2 Å². The van der Waals surface area contributed by atoms with Crippen LogP contribution in [0.15, 0.2) is 42.5 Å². The first-order chi connectivity index (χ1) is 8.86. The molecule has 2 aromatic rings. The predicted molar refractivity (Wildman–Crippen MR) is 71.3 cm³/mol. The average Bonchev–Trinajstić information content (AvgIpc) is 2.47. The molecule has 3 rings (SSSR count). The molecule has 1 heterocycles. The van der Waals surface area contributed by atoms with Gasteiger partial charge in [-0.2, -0.15) is 5.26 Å². The fourth-order valence-electron chi connectivity index (χ4n) is 2.80. The Bertz CT molecular complexity index is 601. The maximum absolute atomic E-state index is 9.65. The van der Waals surface area contributed by atoms with Crippen LogP contribution in [0.25, 0.3) is 10.8 Å². The summed E-state index contributed by atoms with van der Waals surface area (Å²) in [5.41, 5.74) is 0.783. The lowest BCUT2D eigenvalue weighted by atomic mass is 9.74. The Kier molecular flexibility index (Phi) is 2.77. The maximum atomic E-state index is 9.65. The van der Waals surface area contributed by atoms with E-state index >= 15 is 0 Å². The summed E-state index contributed by atoms with van der Waals surface area (Å²) < 4.78 is 5.41. The van der Waals surface area contributed by atoms with Crippen LogP contribution in [0.5, 0.6) is 0 Å². The summed E-state index contributed by atoms with van der Waals surface area (Å²) in [5.74, 6) is 0. The molecule has 2 nitrogen and oxygen atoms in total. The number of fused-ring (bicyclic) bond motifs is 1. The minimum absolute atomic E-state index is 0.376. The highest BCUT2D eigenvalue weighted by Crippen LogP contribution is 2.37. The molecule has 90 valence electrons. The van der Waals surface area contributed by atoms with Crippen molar-refractivity contribution in [1.82, 2.24) is 0 Å². The first-order valence-electron chi connectivity index (χ1n) is 6.33. The summed E-state index contributed by atoms with van der Waals surface area (Å²) in [6.07, 6.45) is 1.58. The van der Waals surface area contributed by atoms with Crippen LogP contribution in [-0.4, -0.2) is 13.2 Å². The molecule has 2 aromatic carbocycles. The van der Waals surface area contributed by atoms with E-state index in [4.69, 9.17) is 4.74 Å². The van der Waals surface area contributed by atoms with Crippen molar-refractivity contribution in [3.63, 3.8) is 0 Å². The molecule has 0 N–H and O–H groups in total. The van der Waals surface area contributed by atoms with Gasteiger partial charge in [-0.05, 0) is 29.2 Å². The molecule has 0 aliphatic carbocycles. The van der Waals surface area contributed by atoms with Crippen LogP contribution in [0, 0.1) is 11.3 Å². The van der Waals surface area contributed by atoms with Crippen LogP contribution in [-0.2, 0) is 10.2 Å². The third kappa shape index (κ3) is 1.68. The van der Waals surface area contributed by atoms with E-state index < -0.39 is 0 Å². The number of hydrogen-bond acceptors (Lipinski definition) is 2. The van der Waals surface area contributed by atoms with Crippen LogP contribution in [0.1, 0.15) is 18.4 Å². The molecular formula is C16H15NO. The second-order valence-corrected chi connectivity index (χ2v) is 4.83. The van der Waals surface area contributed by atoms with Crippen LogP contribution in [0.2, 0.25) is 0 Å². The largest absolute Gasteiger partial charge is 0.381 e. The van der Waals surface area contributed by atoms with Crippen molar-refractivity contribution in [3.8, 4) is 6.07 Å². The van der Waals surface area contributed by atoms with E-state index in [0.717, 1.165) is 18.4 Å². The van der Waals surface area contributed by atoms with E-state index in [1.807, 2.05) is 18.2 Å². The third-order valence-electron chi connectivity index (χ3n) is 3.87. The van der Waals surface area contributed by atoms with Gasteiger partial charge in [0.1, 0.15) is 0 Å². The number of rotatable bonds is 1. The lowest BCUT2D eigenvalue weighted by molar-refractivity contribution is 0.0679. The van der Waals surface area contributed by atoms with Gasteiger partial charge in [-0.25, -0.2) is 0 Å². The number of nitriles is 1. The molecule has 1 aliphatic heterocycles. The summed E-state index contributed by atoms with van der Waals surface area (Å²) in [6, 6.07) is 17.1. The number of ether oxygens (including phenoxy) is 1. The second kappa shape index (κ2) is 4.44. The average molecular weight is 237 g/mol. The van der Waals surface area contributed by atoms with Crippen molar-refractivity contribution in [2.45, 2.75) is 18.3 Å². The number of benzene rings is 2. The van der Waals surface area contributed by atoms with Crippen molar-refractivity contribution in [2.75, 3.05) is 13.2 Å². The highest BCUT2D eigenvalue weighted by atomic mass is 16.5. The zero-order chi connectivity index (χ0) is 12.4. The monoisotopic (exact) mass is 237 g/mol. The van der Waals surface area contributed by atoms with Crippen LogP contribution >= 0.6 is 0 Å². The topological polar surface area (TPSA) is 33.0 Å². The van der Waals surface area contributed by atoms with Crippen LogP contribution < -0.4 is 0 Å². The van der Waals surface area contributed by atoms with Gasteiger partial charge in [-0.15, -0.1) is 0 Å². The lowest BCUT2D eigenvalue weighted by Crippen LogP contribution is -2.32. The van der Waals surface area contributed by atoms with E-state index in [1.54, 1.807) is 0 Å². The van der Waals surface area contributed by atoms with Gasteiger partial charge in [-0.1, -0.05) is 42.5 Å². The molecule has 1 fully saturated rings. The summed E-state index contributed by atoms with van der Waals surface area (Å²) >= 11 is 0. The Morgan fingerprint density at radius 2 is 1.72 bits per heavy atom. The Morgan fingerprint density at radius 1 is 1.00 bits per heavy atom. The van der Waals surface area contributed by atoms with E-state index in [2.05, 4.69) is 30.3 Å². The summed E-state index contributed by atoms with van der Waals surface area (Å²) in [6.45, 7) is 1.35. The van der Waals surface area contributed by atoms with E-state index in [1.165, 1.54) is 10.8 Å². The normalized spacial score (nSPS) is 18.4. The Hall–Kier alpha value is -1.85. The second-order valence-electron chi connectivity index (χ2n) is 4.83.